The summed E-state index contributed by atoms with van der Waals surface area (Å²) in [5.74, 6) is -0.443. The van der Waals surface area contributed by atoms with Gasteiger partial charge in [-0.05, 0) is 49.4 Å². The van der Waals surface area contributed by atoms with Gasteiger partial charge in [-0.15, -0.1) is 0 Å². The SMILES string of the molecule is CC(=O)c1cc(F)ccc1OCC(=O)NC(c1ccccc1)C1CCCC1. The van der Waals surface area contributed by atoms with Crippen molar-refractivity contribution < 1.29 is 18.7 Å². The molecular weight excluding hydrogens is 345 g/mol. The highest BCUT2D eigenvalue weighted by Gasteiger charge is 2.27. The molecule has 1 aliphatic carbocycles. The quantitative estimate of drug-likeness (QED) is 0.734. The largest absolute Gasteiger partial charge is 0.483 e. The molecule has 0 aliphatic heterocycles. The highest BCUT2D eigenvalue weighted by atomic mass is 19.1. The van der Waals surface area contributed by atoms with Crippen molar-refractivity contribution in [3.8, 4) is 5.75 Å². The molecule has 0 spiro atoms. The van der Waals surface area contributed by atoms with Crippen LogP contribution in [0, 0.1) is 11.7 Å². The van der Waals surface area contributed by atoms with E-state index in [0.717, 1.165) is 24.5 Å². The van der Waals surface area contributed by atoms with Gasteiger partial charge in [0, 0.05) is 0 Å². The lowest BCUT2D eigenvalue weighted by molar-refractivity contribution is -0.124. The Hall–Kier alpha value is -2.69. The Morgan fingerprint density at radius 1 is 1.15 bits per heavy atom. The van der Waals surface area contributed by atoms with Crippen LogP contribution in [-0.4, -0.2) is 18.3 Å². The Morgan fingerprint density at radius 3 is 2.52 bits per heavy atom. The molecule has 1 amide bonds. The molecule has 142 valence electrons. The molecule has 2 aromatic rings. The summed E-state index contributed by atoms with van der Waals surface area (Å²) < 4.78 is 18.9. The summed E-state index contributed by atoms with van der Waals surface area (Å²) in [6.07, 6.45) is 4.54. The Morgan fingerprint density at radius 2 is 1.85 bits per heavy atom. The van der Waals surface area contributed by atoms with Crippen molar-refractivity contribution in [2.24, 2.45) is 5.92 Å². The van der Waals surface area contributed by atoms with E-state index in [0.29, 0.717) is 5.92 Å². The Kier molecular flexibility index (Phi) is 6.22. The highest BCUT2D eigenvalue weighted by molar-refractivity contribution is 5.96. The van der Waals surface area contributed by atoms with Crippen molar-refractivity contribution in [3.05, 3.63) is 65.5 Å². The molecular formula is C22H24FNO3. The van der Waals surface area contributed by atoms with Crippen molar-refractivity contribution in [2.45, 2.75) is 38.6 Å². The summed E-state index contributed by atoms with van der Waals surface area (Å²) in [5, 5.41) is 3.08. The first-order valence-electron chi connectivity index (χ1n) is 9.32. The van der Waals surface area contributed by atoms with Gasteiger partial charge >= 0.3 is 0 Å². The Labute approximate surface area is 158 Å². The van der Waals surface area contributed by atoms with Gasteiger partial charge in [-0.25, -0.2) is 4.39 Å². The number of hydrogen-bond acceptors (Lipinski definition) is 3. The smallest absolute Gasteiger partial charge is 0.258 e. The second-order valence-corrected chi connectivity index (χ2v) is 6.99. The van der Waals surface area contributed by atoms with Crippen LogP contribution < -0.4 is 10.1 Å². The lowest BCUT2D eigenvalue weighted by Crippen LogP contribution is -2.36. The fourth-order valence-corrected chi connectivity index (χ4v) is 3.69. The summed E-state index contributed by atoms with van der Waals surface area (Å²) in [6.45, 7) is 1.12. The summed E-state index contributed by atoms with van der Waals surface area (Å²) in [7, 11) is 0. The average Bonchev–Trinajstić information content (AvgIpc) is 3.20. The van der Waals surface area contributed by atoms with Gasteiger partial charge in [-0.3, -0.25) is 9.59 Å². The summed E-state index contributed by atoms with van der Waals surface area (Å²) in [4.78, 5) is 24.2. The zero-order valence-corrected chi connectivity index (χ0v) is 15.4. The van der Waals surface area contributed by atoms with Crippen LogP contribution in [0.5, 0.6) is 5.75 Å². The van der Waals surface area contributed by atoms with E-state index in [2.05, 4.69) is 5.32 Å². The maximum Gasteiger partial charge on any atom is 0.258 e. The highest BCUT2D eigenvalue weighted by Crippen LogP contribution is 2.35. The number of carbonyl (C=O) groups excluding carboxylic acids is 2. The van der Waals surface area contributed by atoms with E-state index in [9.17, 15) is 14.0 Å². The van der Waals surface area contributed by atoms with Crippen LogP contribution in [0.4, 0.5) is 4.39 Å². The minimum Gasteiger partial charge on any atom is -0.483 e. The molecule has 0 aromatic heterocycles. The van der Waals surface area contributed by atoms with Gasteiger partial charge in [-0.2, -0.15) is 0 Å². The summed E-state index contributed by atoms with van der Waals surface area (Å²) in [6, 6.07) is 13.6. The molecule has 5 heteroatoms. The van der Waals surface area contributed by atoms with Gasteiger partial charge in [0.1, 0.15) is 11.6 Å². The zero-order chi connectivity index (χ0) is 19.2. The van der Waals surface area contributed by atoms with Crippen molar-refractivity contribution in [1.82, 2.24) is 5.32 Å². The molecule has 1 atom stereocenters. The van der Waals surface area contributed by atoms with Gasteiger partial charge in [-0.1, -0.05) is 43.2 Å². The molecule has 1 unspecified atom stereocenters. The Balaban J connectivity index is 1.67. The van der Waals surface area contributed by atoms with Crippen molar-refractivity contribution in [2.75, 3.05) is 6.61 Å². The molecule has 27 heavy (non-hydrogen) atoms. The van der Waals surface area contributed by atoms with E-state index in [-0.39, 0.29) is 35.7 Å². The van der Waals surface area contributed by atoms with Crippen molar-refractivity contribution in [1.29, 1.82) is 0 Å². The van der Waals surface area contributed by atoms with Crippen molar-refractivity contribution in [3.63, 3.8) is 0 Å². The number of amides is 1. The van der Waals surface area contributed by atoms with Crippen LogP contribution >= 0.6 is 0 Å². The average molecular weight is 369 g/mol. The zero-order valence-electron chi connectivity index (χ0n) is 15.4. The van der Waals surface area contributed by atoms with Crippen LogP contribution in [0.25, 0.3) is 0 Å². The lowest BCUT2D eigenvalue weighted by atomic mass is 9.91. The number of benzene rings is 2. The van der Waals surface area contributed by atoms with E-state index in [4.69, 9.17) is 4.74 Å². The lowest BCUT2D eigenvalue weighted by Gasteiger charge is -2.25. The standard InChI is InChI=1S/C22H24FNO3/c1-15(25)19-13-18(23)11-12-20(19)27-14-21(26)24-22(17-9-5-6-10-17)16-7-3-2-4-8-16/h2-4,7-8,11-13,17,22H,5-6,9-10,14H2,1H3,(H,24,26). The number of rotatable bonds is 7. The molecule has 0 heterocycles. The third-order valence-electron chi connectivity index (χ3n) is 5.03. The first-order chi connectivity index (χ1) is 13.0. The molecule has 3 rings (SSSR count). The van der Waals surface area contributed by atoms with Gasteiger partial charge in [0.15, 0.2) is 12.4 Å². The van der Waals surface area contributed by atoms with E-state index in [1.54, 1.807) is 0 Å². The molecule has 1 saturated carbocycles. The number of nitrogens with one attached hydrogen (secondary N) is 1. The number of ether oxygens (including phenoxy) is 1. The van der Waals surface area contributed by atoms with Gasteiger partial charge in [0.25, 0.3) is 5.91 Å². The normalized spacial score (nSPS) is 15.3. The minimum absolute atomic E-state index is 0.0507. The number of halogens is 1. The minimum atomic E-state index is -0.512. The number of hydrogen-bond donors (Lipinski definition) is 1. The maximum atomic E-state index is 13.4. The first kappa shape index (κ1) is 19.1. The summed E-state index contributed by atoms with van der Waals surface area (Å²) in [5.41, 5.74) is 1.22. The second-order valence-electron chi connectivity index (χ2n) is 6.99. The molecule has 1 fully saturated rings. The molecule has 4 nitrogen and oxygen atoms in total. The predicted octanol–water partition coefficient (Wildman–Crippen LogP) is 4.45. The van der Waals surface area contributed by atoms with Crippen LogP contribution in [0.1, 0.15) is 54.6 Å². The topological polar surface area (TPSA) is 55.4 Å². The van der Waals surface area contributed by atoms with E-state index in [1.807, 2.05) is 30.3 Å². The van der Waals surface area contributed by atoms with Gasteiger partial charge < -0.3 is 10.1 Å². The van der Waals surface area contributed by atoms with E-state index in [1.165, 1.54) is 31.9 Å². The van der Waals surface area contributed by atoms with Crippen LogP contribution in [0.2, 0.25) is 0 Å². The van der Waals surface area contributed by atoms with Crippen LogP contribution in [0.3, 0.4) is 0 Å². The molecule has 0 radical (unpaired) electrons. The van der Waals surface area contributed by atoms with E-state index < -0.39 is 5.82 Å². The first-order valence-corrected chi connectivity index (χ1v) is 9.32. The third kappa shape index (κ3) is 4.94. The number of carbonyl (C=O) groups is 2. The molecule has 2 aromatic carbocycles. The van der Waals surface area contributed by atoms with Crippen molar-refractivity contribution >= 4 is 11.7 Å². The number of ketones is 1. The molecule has 0 saturated heterocycles. The van der Waals surface area contributed by atoms with Crippen LogP contribution in [0.15, 0.2) is 48.5 Å². The Bertz CT molecular complexity index is 800. The fraction of sp³-hybridized carbons (Fsp3) is 0.364. The van der Waals surface area contributed by atoms with Gasteiger partial charge in [0.05, 0.1) is 11.6 Å². The number of Topliss-reactive ketones (excluding diaryl/α,β-unsaturated/α-hetero) is 1. The van der Waals surface area contributed by atoms with Crippen LogP contribution in [-0.2, 0) is 4.79 Å². The maximum absolute atomic E-state index is 13.4. The van der Waals surface area contributed by atoms with E-state index >= 15 is 0 Å². The van der Waals surface area contributed by atoms with Gasteiger partial charge in [0.2, 0.25) is 0 Å². The summed E-state index contributed by atoms with van der Waals surface area (Å²) >= 11 is 0. The second kappa shape index (κ2) is 8.80. The predicted molar refractivity (Wildman–Crippen MR) is 101 cm³/mol. The molecule has 1 aliphatic rings. The fourth-order valence-electron chi connectivity index (χ4n) is 3.69. The molecule has 0 bridgehead atoms. The molecule has 1 N–H and O–H groups in total. The monoisotopic (exact) mass is 369 g/mol. The third-order valence-corrected chi connectivity index (χ3v) is 5.03.